The molecule has 0 radical (unpaired) electrons. The molecule has 0 aliphatic heterocycles. The standard InChI is InChI=1S/C20H23NO3/c1-20(14-22,16-11-12-16)21-19(23)13-24-18-10-6-5-9-17(18)15-7-3-2-4-8-15/h2-10,16,22H,11-14H2,1H3,(H,21,23). The van der Waals surface area contributed by atoms with E-state index in [1.807, 2.05) is 61.5 Å². The molecule has 1 unspecified atom stereocenters. The van der Waals surface area contributed by atoms with Crippen LogP contribution in [0, 0.1) is 5.92 Å². The van der Waals surface area contributed by atoms with E-state index in [4.69, 9.17) is 4.74 Å². The molecule has 0 spiro atoms. The molecule has 2 aromatic carbocycles. The van der Waals surface area contributed by atoms with Gasteiger partial charge in [-0.15, -0.1) is 0 Å². The topological polar surface area (TPSA) is 58.6 Å². The number of benzene rings is 2. The third-order valence-electron chi connectivity index (χ3n) is 4.56. The van der Waals surface area contributed by atoms with Crippen LogP contribution in [-0.2, 0) is 4.79 Å². The quantitative estimate of drug-likeness (QED) is 0.823. The fraction of sp³-hybridized carbons (Fsp3) is 0.350. The highest BCUT2D eigenvalue weighted by atomic mass is 16.5. The molecule has 2 aromatic rings. The Hall–Kier alpha value is -2.33. The van der Waals surface area contributed by atoms with E-state index in [0.717, 1.165) is 24.0 Å². The zero-order chi connectivity index (χ0) is 17.0. The fourth-order valence-electron chi connectivity index (χ4n) is 2.94. The molecule has 0 heterocycles. The lowest BCUT2D eigenvalue weighted by molar-refractivity contribution is -0.125. The van der Waals surface area contributed by atoms with Crippen LogP contribution in [0.4, 0.5) is 0 Å². The molecular weight excluding hydrogens is 302 g/mol. The lowest BCUT2D eigenvalue weighted by Gasteiger charge is -2.28. The number of aliphatic hydroxyl groups is 1. The Bertz CT molecular complexity index is 697. The third kappa shape index (κ3) is 3.77. The Kier molecular flexibility index (Phi) is 4.86. The lowest BCUT2D eigenvalue weighted by Crippen LogP contribution is -2.52. The number of nitrogens with one attached hydrogen (secondary N) is 1. The van der Waals surface area contributed by atoms with Crippen LogP contribution >= 0.6 is 0 Å². The van der Waals surface area contributed by atoms with Gasteiger partial charge in [-0.3, -0.25) is 4.79 Å². The number of hydrogen-bond acceptors (Lipinski definition) is 3. The molecule has 1 amide bonds. The predicted molar refractivity (Wildman–Crippen MR) is 93.7 cm³/mol. The van der Waals surface area contributed by atoms with Crippen molar-refractivity contribution < 1.29 is 14.6 Å². The number of para-hydroxylation sites is 1. The van der Waals surface area contributed by atoms with Crippen LogP contribution in [0.5, 0.6) is 5.75 Å². The number of ether oxygens (including phenoxy) is 1. The second-order valence-corrected chi connectivity index (χ2v) is 6.55. The highest BCUT2D eigenvalue weighted by Crippen LogP contribution is 2.39. The van der Waals surface area contributed by atoms with E-state index in [1.54, 1.807) is 0 Å². The Morgan fingerprint density at radius 3 is 2.50 bits per heavy atom. The van der Waals surface area contributed by atoms with Gasteiger partial charge >= 0.3 is 0 Å². The summed E-state index contributed by atoms with van der Waals surface area (Å²) in [5.41, 5.74) is 1.46. The minimum Gasteiger partial charge on any atom is -0.483 e. The van der Waals surface area contributed by atoms with Crippen molar-refractivity contribution in [2.45, 2.75) is 25.3 Å². The Morgan fingerprint density at radius 1 is 1.17 bits per heavy atom. The van der Waals surface area contributed by atoms with Gasteiger partial charge in [-0.2, -0.15) is 0 Å². The maximum Gasteiger partial charge on any atom is 0.258 e. The molecule has 24 heavy (non-hydrogen) atoms. The van der Waals surface area contributed by atoms with Crippen molar-refractivity contribution in [2.24, 2.45) is 5.92 Å². The smallest absolute Gasteiger partial charge is 0.258 e. The van der Waals surface area contributed by atoms with Crippen molar-refractivity contribution in [3.05, 3.63) is 54.6 Å². The summed E-state index contributed by atoms with van der Waals surface area (Å²) >= 11 is 0. The van der Waals surface area contributed by atoms with Crippen LogP contribution in [0.2, 0.25) is 0 Å². The van der Waals surface area contributed by atoms with Gasteiger partial charge < -0.3 is 15.2 Å². The van der Waals surface area contributed by atoms with Crippen molar-refractivity contribution >= 4 is 5.91 Å². The Labute approximate surface area is 142 Å². The van der Waals surface area contributed by atoms with Crippen molar-refractivity contribution in [2.75, 3.05) is 13.2 Å². The molecule has 4 nitrogen and oxygen atoms in total. The Morgan fingerprint density at radius 2 is 1.83 bits per heavy atom. The average molecular weight is 325 g/mol. The summed E-state index contributed by atoms with van der Waals surface area (Å²) in [6.07, 6.45) is 2.10. The molecular formula is C20H23NO3. The molecule has 1 aliphatic rings. The lowest BCUT2D eigenvalue weighted by atomic mass is 9.97. The van der Waals surface area contributed by atoms with Gasteiger partial charge in [-0.1, -0.05) is 48.5 Å². The SMILES string of the molecule is CC(CO)(NC(=O)COc1ccccc1-c1ccccc1)C1CC1. The first-order valence-electron chi connectivity index (χ1n) is 8.31. The first-order valence-corrected chi connectivity index (χ1v) is 8.31. The minimum absolute atomic E-state index is 0.0516. The molecule has 1 fully saturated rings. The number of carbonyl (C=O) groups excluding carboxylic acids is 1. The highest BCUT2D eigenvalue weighted by Gasteiger charge is 2.42. The number of hydrogen-bond donors (Lipinski definition) is 2. The molecule has 126 valence electrons. The van der Waals surface area contributed by atoms with Crippen LogP contribution in [0.25, 0.3) is 11.1 Å². The molecule has 0 saturated heterocycles. The third-order valence-corrected chi connectivity index (χ3v) is 4.56. The van der Waals surface area contributed by atoms with Crippen LogP contribution in [0.15, 0.2) is 54.6 Å². The van der Waals surface area contributed by atoms with Crippen molar-refractivity contribution in [1.82, 2.24) is 5.32 Å². The zero-order valence-corrected chi connectivity index (χ0v) is 13.9. The predicted octanol–water partition coefficient (Wildman–Crippen LogP) is 3.01. The number of amides is 1. The maximum absolute atomic E-state index is 12.2. The van der Waals surface area contributed by atoms with Crippen molar-refractivity contribution in [3.8, 4) is 16.9 Å². The van der Waals surface area contributed by atoms with E-state index >= 15 is 0 Å². The summed E-state index contributed by atoms with van der Waals surface area (Å²) in [7, 11) is 0. The second-order valence-electron chi connectivity index (χ2n) is 6.55. The van der Waals surface area contributed by atoms with E-state index in [-0.39, 0.29) is 19.1 Å². The van der Waals surface area contributed by atoms with Gasteiger partial charge in [0.1, 0.15) is 5.75 Å². The van der Waals surface area contributed by atoms with Crippen molar-refractivity contribution in [3.63, 3.8) is 0 Å². The largest absolute Gasteiger partial charge is 0.483 e. The molecule has 4 heteroatoms. The molecule has 1 aliphatic carbocycles. The highest BCUT2D eigenvalue weighted by molar-refractivity contribution is 5.79. The van der Waals surface area contributed by atoms with E-state index in [0.29, 0.717) is 11.7 Å². The first-order chi connectivity index (χ1) is 11.6. The minimum atomic E-state index is -0.542. The molecule has 2 N–H and O–H groups in total. The summed E-state index contributed by atoms with van der Waals surface area (Å²) in [4.78, 5) is 12.2. The van der Waals surface area contributed by atoms with Crippen LogP contribution in [-0.4, -0.2) is 29.8 Å². The number of carbonyl (C=O) groups is 1. The zero-order valence-electron chi connectivity index (χ0n) is 13.9. The van der Waals surface area contributed by atoms with Gasteiger partial charge in [0.2, 0.25) is 0 Å². The number of aliphatic hydroxyl groups excluding tert-OH is 1. The first kappa shape index (κ1) is 16.5. The van der Waals surface area contributed by atoms with Gasteiger partial charge in [-0.25, -0.2) is 0 Å². The molecule has 3 rings (SSSR count). The summed E-state index contributed by atoms with van der Waals surface area (Å²) in [5, 5.41) is 12.5. The number of rotatable bonds is 7. The fourth-order valence-corrected chi connectivity index (χ4v) is 2.94. The average Bonchev–Trinajstić information content (AvgIpc) is 3.46. The van der Waals surface area contributed by atoms with Gasteiger partial charge in [0, 0.05) is 5.56 Å². The van der Waals surface area contributed by atoms with E-state index in [1.165, 1.54) is 0 Å². The van der Waals surface area contributed by atoms with Crippen LogP contribution < -0.4 is 10.1 Å². The molecule has 1 saturated carbocycles. The Balaban J connectivity index is 1.66. The van der Waals surface area contributed by atoms with E-state index < -0.39 is 5.54 Å². The summed E-state index contributed by atoms with van der Waals surface area (Å²) in [6, 6.07) is 17.6. The van der Waals surface area contributed by atoms with Gasteiger partial charge in [0.05, 0.1) is 12.1 Å². The van der Waals surface area contributed by atoms with Gasteiger partial charge in [-0.05, 0) is 37.3 Å². The van der Waals surface area contributed by atoms with Crippen LogP contribution in [0.1, 0.15) is 19.8 Å². The van der Waals surface area contributed by atoms with Gasteiger partial charge in [0.15, 0.2) is 6.61 Å². The van der Waals surface area contributed by atoms with Crippen LogP contribution in [0.3, 0.4) is 0 Å². The normalized spacial score (nSPS) is 16.2. The summed E-state index contributed by atoms with van der Waals surface area (Å²) in [6.45, 7) is 1.77. The van der Waals surface area contributed by atoms with E-state index in [2.05, 4.69) is 5.32 Å². The maximum atomic E-state index is 12.2. The van der Waals surface area contributed by atoms with E-state index in [9.17, 15) is 9.90 Å². The second kappa shape index (κ2) is 7.05. The summed E-state index contributed by atoms with van der Waals surface area (Å²) < 4.78 is 5.75. The summed E-state index contributed by atoms with van der Waals surface area (Å²) in [5.74, 6) is 0.834. The molecule has 1 atom stereocenters. The molecule has 0 aromatic heterocycles. The molecule has 0 bridgehead atoms. The van der Waals surface area contributed by atoms with Crippen molar-refractivity contribution in [1.29, 1.82) is 0 Å². The monoisotopic (exact) mass is 325 g/mol. The van der Waals surface area contributed by atoms with Gasteiger partial charge in [0.25, 0.3) is 5.91 Å².